The Morgan fingerprint density at radius 3 is 2.63 bits per heavy atom. The standard InChI is InChI=1S/C17H25NO/c1-4-18-15(10-7-8-13(2)3)17-12-14-9-5-6-11-16(14)19-17/h5-6,9,11-13,15,18H,4,7-8,10H2,1-3H3. The molecule has 2 nitrogen and oxygen atoms in total. The van der Waals surface area contributed by atoms with Crippen LogP contribution in [0.25, 0.3) is 11.0 Å². The Hall–Kier alpha value is -1.28. The lowest BCUT2D eigenvalue weighted by atomic mass is 10.0. The molecular formula is C17H25NO. The SMILES string of the molecule is CCNC(CCCC(C)C)c1cc2ccccc2o1. The normalized spacial score (nSPS) is 13.3. The van der Waals surface area contributed by atoms with E-state index in [-0.39, 0.29) is 0 Å². The van der Waals surface area contributed by atoms with Gasteiger partial charge in [0.2, 0.25) is 0 Å². The molecule has 2 heteroatoms. The summed E-state index contributed by atoms with van der Waals surface area (Å²) in [5.41, 5.74) is 0.990. The van der Waals surface area contributed by atoms with Crippen LogP contribution in [-0.4, -0.2) is 6.54 Å². The average molecular weight is 259 g/mol. The largest absolute Gasteiger partial charge is 0.459 e. The highest BCUT2D eigenvalue weighted by atomic mass is 16.3. The van der Waals surface area contributed by atoms with Gasteiger partial charge in [0.25, 0.3) is 0 Å². The van der Waals surface area contributed by atoms with Crippen LogP contribution in [0, 0.1) is 5.92 Å². The number of rotatable bonds is 7. The quantitative estimate of drug-likeness (QED) is 0.764. The molecule has 2 rings (SSSR count). The Labute approximate surface area is 116 Å². The van der Waals surface area contributed by atoms with Crippen LogP contribution in [0.1, 0.15) is 51.8 Å². The fraction of sp³-hybridized carbons (Fsp3) is 0.529. The molecule has 0 aliphatic carbocycles. The maximum absolute atomic E-state index is 5.98. The van der Waals surface area contributed by atoms with Crippen molar-refractivity contribution in [3.8, 4) is 0 Å². The van der Waals surface area contributed by atoms with Gasteiger partial charge in [-0.1, -0.05) is 51.8 Å². The second-order valence-corrected chi connectivity index (χ2v) is 5.62. The van der Waals surface area contributed by atoms with E-state index in [1.165, 1.54) is 18.2 Å². The van der Waals surface area contributed by atoms with Crippen molar-refractivity contribution in [1.82, 2.24) is 5.32 Å². The maximum Gasteiger partial charge on any atom is 0.134 e. The zero-order valence-electron chi connectivity index (χ0n) is 12.3. The van der Waals surface area contributed by atoms with E-state index in [1.807, 2.05) is 12.1 Å². The van der Waals surface area contributed by atoms with Gasteiger partial charge in [-0.15, -0.1) is 0 Å². The first-order valence-electron chi connectivity index (χ1n) is 7.42. The number of hydrogen-bond acceptors (Lipinski definition) is 2. The van der Waals surface area contributed by atoms with Gasteiger partial charge in [0.05, 0.1) is 6.04 Å². The minimum atomic E-state index is 0.344. The molecule has 1 atom stereocenters. The third kappa shape index (κ3) is 3.84. The number of furan rings is 1. The number of fused-ring (bicyclic) bond motifs is 1. The van der Waals surface area contributed by atoms with Crippen molar-refractivity contribution in [2.24, 2.45) is 5.92 Å². The molecule has 2 aromatic rings. The number of benzene rings is 1. The lowest BCUT2D eigenvalue weighted by Crippen LogP contribution is -2.20. The second kappa shape index (κ2) is 6.76. The van der Waals surface area contributed by atoms with Crippen LogP contribution in [-0.2, 0) is 0 Å². The van der Waals surface area contributed by atoms with Crippen LogP contribution in [0.15, 0.2) is 34.7 Å². The Morgan fingerprint density at radius 1 is 1.16 bits per heavy atom. The van der Waals surface area contributed by atoms with Gasteiger partial charge in [0, 0.05) is 5.39 Å². The van der Waals surface area contributed by atoms with Crippen LogP contribution in [0.5, 0.6) is 0 Å². The van der Waals surface area contributed by atoms with Crippen molar-refractivity contribution in [3.63, 3.8) is 0 Å². The molecule has 0 bridgehead atoms. The van der Waals surface area contributed by atoms with E-state index in [0.717, 1.165) is 30.2 Å². The highest BCUT2D eigenvalue weighted by Gasteiger charge is 2.15. The van der Waals surface area contributed by atoms with Crippen molar-refractivity contribution in [2.45, 2.75) is 46.1 Å². The van der Waals surface area contributed by atoms with E-state index in [9.17, 15) is 0 Å². The van der Waals surface area contributed by atoms with Gasteiger partial charge in [-0.2, -0.15) is 0 Å². The topological polar surface area (TPSA) is 25.2 Å². The molecule has 0 fully saturated rings. The monoisotopic (exact) mass is 259 g/mol. The van der Waals surface area contributed by atoms with Gasteiger partial charge in [-0.05, 0) is 31.0 Å². The van der Waals surface area contributed by atoms with Gasteiger partial charge in [0.15, 0.2) is 0 Å². The smallest absolute Gasteiger partial charge is 0.134 e. The molecule has 0 aliphatic rings. The molecular weight excluding hydrogens is 234 g/mol. The van der Waals surface area contributed by atoms with E-state index in [4.69, 9.17) is 4.42 Å². The summed E-state index contributed by atoms with van der Waals surface area (Å²) in [5.74, 6) is 1.85. The Morgan fingerprint density at radius 2 is 1.95 bits per heavy atom. The minimum absolute atomic E-state index is 0.344. The van der Waals surface area contributed by atoms with E-state index in [0.29, 0.717) is 6.04 Å². The van der Waals surface area contributed by atoms with Crippen LogP contribution in [0.3, 0.4) is 0 Å². The molecule has 19 heavy (non-hydrogen) atoms. The predicted molar refractivity (Wildman–Crippen MR) is 81.3 cm³/mol. The minimum Gasteiger partial charge on any atom is -0.459 e. The van der Waals surface area contributed by atoms with E-state index >= 15 is 0 Å². The molecule has 0 saturated carbocycles. The fourth-order valence-electron chi connectivity index (χ4n) is 2.50. The van der Waals surface area contributed by atoms with E-state index in [1.54, 1.807) is 0 Å². The highest BCUT2D eigenvalue weighted by Crippen LogP contribution is 2.27. The van der Waals surface area contributed by atoms with Gasteiger partial charge < -0.3 is 9.73 Å². The first kappa shape index (κ1) is 14.1. The third-order valence-electron chi connectivity index (χ3n) is 3.51. The Bertz CT molecular complexity index is 468. The van der Waals surface area contributed by atoms with Gasteiger partial charge in [-0.25, -0.2) is 0 Å². The maximum atomic E-state index is 5.98. The molecule has 0 radical (unpaired) electrons. The van der Waals surface area contributed by atoms with Gasteiger partial charge >= 0.3 is 0 Å². The van der Waals surface area contributed by atoms with Crippen molar-refractivity contribution in [2.75, 3.05) is 6.54 Å². The number of nitrogens with one attached hydrogen (secondary N) is 1. The summed E-state index contributed by atoms with van der Waals surface area (Å²) in [7, 11) is 0. The zero-order chi connectivity index (χ0) is 13.7. The molecule has 0 spiro atoms. The van der Waals surface area contributed by atoms with Crippen molar-refractivity contribution in [1.29, 1.82) is 0 Å². The van der Waals surface area contributed by atoms with Crippen LogP contribution >= 0.6 is 0 Å². The molecule has 1 unspecified atom stereocenters. The molecule has 104 valence electrons. The predicted octanol–water partition coefficient (Wildman–Crippen LogP) is 4.91. The lowest BCUT2D eigenvalue weighted by Gasteiger charge is -2.15. The summed E-state index contributed by atoms with van der Waals surface area (Å²) >= 11 is 0. The first-order chi connectivity index (χ1) is 9.20. The van der Waals surface area contributed by atoms with Crippen molar-refractivity contribution in [3.05, 3.63) is 36.1 Å². The van der Waals surface area contributed by atoms with Crippen LogP contribution in [0.4, 0.5) is 0 Å². The first-order valence-corrected chi connectivity index (χ1v) is 7.42. The summed E-state index contributed by atoms with van der Waals surface area (Å²) in [6.45, 7) is 7.69. The van der Waals surface area contributed by atoms with E-state index < -0.39 is 0 Å². The molecule has 1 aromatic heterocycles. The number of hydrogen-bond donors (Lipinski definition) is 1. The highest BCUT2D eigenvalue weighted by molar-refractivity contribution is 5.77. The molecule has 1 aromatic carbocycles. The Balaban J connectivity index is 2.08. The third-order valence-corrected chi connectivity index (χ3v) is 3.51. The number of para-hydroxylation sites is 1. The summed E-state index contributed by atoms with van der Waals surface area (Å²) in [6, 6.07) is 10.8. The van der Waals surface area contributed by atoms with Crippen molar-refractivity contribution < 1.29 is 4.42 Å². The molecule has 1 N–H and O–H groups in total. The molecule has 1 heterocycles. The summed E-state index contributed by atoms with van der Waals surface area (Å²) in [5, 5.41) is 4.74. The Kier molecular flexibility index (Phi) is 5.03. The molecule has 0 amide bonds. The van der Waals surface area contributed by atoms with Gasteiger partial charge in [-0.3, -0.25) is 0 Å². The lowest BCUT2D eigenvalue weighted by molar-refractivity contribution is 0.394. The fourth-order valence-corrected chi connectivity index (χ4v) is 2.50. The summed E-state index contributed by atoms with van der Waals surface area (Å²) in [6.07, 6.45) is 3.67. The molecule has 0 saturated heterocycles. The van der Waals surface area contributed by atoms with Gasteiger partial charge in [0.1, 0.15) is 11.3 Å². The average Bonchev–Trinajstić information content (AvgIpc) is 2.81. The van der Waals surface area contributed by atoms with E-state index in [2.05, 4.69) is 44.3 Å². The summed E-state index contributed by atoms with van der Waals surface area (Å²) in [4.78, 5) is 0. The molecule has 0 aliphatic heterocycles. The van der Waals surface area contributed by atoms with Crippen molar-refractivity contribution >= 4 is 11.0 Å². The van der Waals surface area contributed by atoms with Crippen LogP contribution in [0.2, 0.25) is 0 Å². The second-order valence-electron chi connectivity index (χ2n) is 5.62. The van der Waals surface area contributed by atoms with Crippen LogP contribution < -0.4 is 5.32 Å². The summed E-state index contributed by atoms with van der Waals surface area (Å²) < 4.78 is 5.98. The zero-order valence-corrected chi connectivity index (χ0v) is 12.3.